The molecule has 5 nitrogen and oxygen atoms in total. The van der Waals surface area contributed by atoms with Gasteiger partial charge in [-0.3, -0.25) is 10.1 Å². The first-order valence-electron chi connectivity index (χ1n) is 6.77. The molecular formula is C16H17N3O2S. The zero-order chi connectivity index (χ0) is 16.3. The first-order chi connectivity index (χ1) is 10.4. The van der Waals surface area contributed by atoms with Crippen LogP contribution in [0.25, 0.3) is 0 Å². The Morgan fingerprint density at radius 2 is 1.73 bits per heavy atom. The highest BCUT2D eigenvalue weighted by Gasteiger charge is 2.10. The summed E-state index contributed by atoms with van der Waals surface area (Å²) in [6, 6.07) is 10.6. The van der Waals surface area contributed by atoms with Gasteiger partial charge in [0.2, 0.25) is 0 Å². The van der Waals surface area contributed by atoms with Crippen molar-refractivity contribution in [3.63, 3.8) is 0 Å². The van der Waals surface area contributed by atoms with Gasteiger partial charge in [-0.1, -0.05) is 18.2 Å². The molecule has 0 bridgehead atoms. The summed E-state index contributed by atoms with van der Waals surface area (Å²) in [7, 11) is 0. The zero-order valence-electron chi connectivity index (χ0n) is 12.6. The van der Waals surface area contributed by atoms with Gasteiger partial charge in [0.05, 0.1) is 4.92 Å². The Balaban J connectivity index is 2.17. The first kappa shape index (κ1) is 15.9. The Morgan fingerprint density at radius 3 is 2.41 bits per heavy atom. The third-order valence-corrected chi connectivity index (χ3v) is 3.74. The van der Waals surface area contributed by atoms with Crippen LogP contribution in [0, 0.1) is 30.9 Å². The van der Waals surface area contributed by atoms with Crippen LogP contribution in [0.4, 0.5) is 17.1 Å². The number of aryl methyl sites for hydroxylation is 2. The van der Waals surface area contributed by atoms with Crippen LogP contribution in [-0.2, 0) is 0 Å². The predicted octanol–water partition coefficient (Wildman–Crippen LogP) is 4.33. The first-order valence-corrected chi connectivity index (χ1v) is 7.18. The number of hydrogen-bond donors (Lipinski definition) is 2. The van der Waals surface area contributed by atoms with Crippen molar-refractivity contribution in [1.29, 1.82) is 0 Å². The van der Waals surface area contributed by atoms with E-state index in [1.165, 1.54) is 17.7 Å². The normalized spacial score (nSPS) is 10.1. The smallest absolute Gasteiger partial charge is 0.271 e. The van der Waals surface area contributed by atoms with Crippen LogP contribution >= 0.6 is 12.2 Å². The maximum atomic E-state index is 10.9. The molecule has 22 heavy (non-hydrogen) atoms. The number of rotatable bonds is 3. The molecule has 0 fully saturated rings. The van der Waals surface area contributed by atoms with Gasteiger partial charge < -0.3 is 10.6 Å². The Labute approximate surface area is 134 Å². The third kappa shape index (κ3) is 3.59. The van der Waals surface area contributed by atoms with Crippen molar-refractivity contribution in [3.8, 4) is 0 Å². The SMILES string of the molecule is Cc1ccc([N+](=O)[O-])cc1NC(=S)Nc1cccc(C)c1C. The Bertz CT molecular complexity index is 744. The van der Waals surface area contributed by atoms with Crippen molar-refractivity contribution in [3.05, 3.63) is 63.2 Å². The van der Waals surface area contributed by atoms with E-state index in [4.69, 9.17) is 12.2 Å². The van der Waals surface area contributed by atoms with E-state index in [2.05, 4.69) is 10.6 Å². The third-order valence-electron chi connectivity index (χ3n) is 3.53. The number of hydrogen-bond acceptors (Lipinski definition) is 3. The lowest BCUT2D eigenvalue weighted by Gasteiger charge is -2.15. The van der Waals surface area contributed by atoms with Crippen LogP contribution in [0.3, 0.4) is 0 Å². The summed E-state index contributed by atoms with van der Waals surface area (Å²) in [6.45, 7) is 5.91. The van der Waals surface area contributed by atoms with Gasteiger partial charge in [-0.05, 0) is 55.7 Å². The van der Waals surface area contributed by atoms with E-state index in [1.807, 2.05) is 39.0 Å². The molecule has 0 saturated heterocycles. The fourth-order valence-electron chi connectivity index (χ4n) is 2.02. The van der Waals surface area contributed by atoms with Crippen molar-refractivity contribution in [1.82, 2.24) is 0 Å². The highest BCUT2D eigenvalue weighted by molar-refractivity contribution is 7.80. The van der Waals surface area contributed by atoms with Crippen molar-refractivity contribution in [2.75, 3.05) is 10.6 Å². The fourth-order valence-corrected chi connectivity index (χ4v) is 2.24. The Hall–Kier alpha value is -2.47. The number of anilines is 2. The molecule has 0 radical (unpaired) electrons. The van der Waals surface area contributed by atoms with Gasteiger partial charge in [0.15, 0.2) is 5.11 Å². The van der Waals surface area contributed by atoms with Crippen LogP contribution in [0.1, 0.15) is 16.7 Å². The van der Waals surface area contributed by atoms with E-state index >= 15 is 0 Å². The molecule has 2 aromatic rings. The molecule has 0 atom stereocenters. The molecule has 0 unspecified atom stereocenters. The number of thiocarbonyl (C=S) groups is 1. The minimum atomic E-state index is -0.425. The molecule has 2 aromatic carbocycles. The van der Waals surface area contributed by atoms with Gasteiger partial charge in [0, 0.05) is 23.5 Å². The molecule has 6 heteroatoms. The van der Waals surface area contributed by atoms with E-state index in [0.717, 1.165) is 16.8 Å². The fraction of sp³-hybridized carbons (Fsp3) is 0.188. The lowest BCUT2D eigenvalue weighted by atomic mass is 10.1. The van der Waals surface area contributed by atoms with Crippen LogP contribution in [-0.4, -0.2) is 10.0 Å². The average molecular weight is 315 g/mol. The maximum Gasteiger partial charge on any atom is 0.271 e. The molecule has 114 valence electrons. The molecule has 2 rings (SSSR count). The number of benzene rings is 2. The van der Waals surface area contributed by atoms with Crippen LogP contribution in [0.15, 0.2) is 36.4 Å². The van der Waals surface area contributed by atoms with Gasteiger partial charge in [-0.15, -0.1) is 0 Å². The molecule has 0 heterocycles. The number of nitrogens with zero attached hydrogens (tertiary/aromatic N) is 1. The minimum absolute atomic E-state index is 0.0302. The van der Waals surface area contributed by atoms with Crippen LogP contribution < -0.4 is 10.6 Å². The second kappa shape index (κ2) is 6.53. The summed E-state index contributed by atoms with van der Waals surface area (Å²) in [4.78, 5) is 10.4. The van der Waals surface area contributed by atoms with Crippen LogP contribution in [0.2, 0.25) is 0 Å². The van der Waals surface area contributed by atoms with E-state index < -0.39 is 4.92 Å². The molecule has 0 spiro atoms. The average Bonchev–Trinajstić information content (AvgIpc) is 2.46. The largest absolute Gasteiger partial charge is 0.332 e. The van der Waals surface area contributed by atoms with Gasteiger partial charge in [0.1, 0.15) is 0 Å². The second-order valence-corrected chi connectivity index (χ2v) is 5.49. The van der Waals surface area contributed by atoms with E-state index in [0.29, 0.717) is 10.8 Å². The summed E-state index contributed by atoms with van der Waals surface area (Å²) in [5.74, 6) is 0. The van der Waals surface area contributed by atoms with Gasteiger partial charge >= 0.3 is 0 Å². The standard InChI is InChI=1S/C16H17N3O2S/c1-10-5-4-6-14(12(10)3)17-16(22)18-15-9-13(19(20)21)8-7-11(15)2/h4-9H,1-3H3,(H2,17,18,22). The molecule has 0 amide bonds. The molecular weight excluding hydrogens is 298 g/mol. The monoisotopic (exact) mass is 315 g/mol. The van der Waals surface area contributed by atoms with Gasteiger partial charge in [-0.2, -0.15) is 0 Å². The Kier molecular flexibility index (Phi) is 4.72. The summed E-state index contributed by atoms with van der Waals surface area (Å²) >= 11 is 5.30. The van der Waals surface area contributed by atoms with Crippen molar-refractivity contribution in [2.45, 2.75) is 20.8 Å². The predicted molar refractivity (Wildman–Crippen MR) is 93.6 cm³/mol. The molecule has 0 aliphatic rings. The topological polar surface area (TPSA) is 67.2 Å². The highest BCUT2D eigenvalue weighted by atomic mass is 32.1. The number of nitrogens with one attached hydrogen (secondary N) is 2. The lowest BCUT2D eigenvalue weighted by molar-refractivity contribution is -0.384. The lowest BCUT2D eigenvalue weighted by Crippen LogP contribution is -2.20. The van der Waals surface area contributed by atoms with E-state index in [9.17, 15) is 10.1 Å². The van der Waals surface area contributed by atoms with Crippen molar-refractivity contribution >= 4 is 34.4 Å². The quantitative estimate of drug-likeness (QED) is 0.501. The summed E-state index contributed by atoms with van der Waals surface area (Å²) in [5.41, 5.74) is 4.73. The molecule has 2 N–H and O–H groups in total. The van der Waals surface area contributed by atoms with Crippen molar-refractivity contribution in [2.24, 2.45) is 0 Å². The molecule has 0 aliphatic heterocycles. The number of nitro benzene ring substituents is 1. The maximum absolute atomic E-state index is 10.9. The Morgan fingerprint density at radius 1 is 1.05 bits per heavy atom. The second-order valence-electron chi connectivity index (χ2n) is 5.08. The minimum Gasteiger partial charge on any atom is -0.332 e. The molecule has 0 aliphatic carbocycles. The van der Waals surface area contributed by atoms with E-state index in [-0.39, 0.29) is 5.69 Å². The number of nitro groups is 1. The van der Waals surface area contributed by atoms with Crippen molar-refractivity contribution < 1.29 is 4.92 Å². The highest BCUT2D eigenvalue weighted by Crippen LogP contribution is 2.23. The molecule has 0 saturated carbocycles. The van der Waals surface area contributed by atoms with Gasteiger partial charge in [0.25, 0.3) is 5.69 Å². The summed E-state index contributed by atoms with van der Waals surface area (Å²) < 4.78 is 0. The number of non-ortho nitro benzene ring substituents is 1. The summed E-state index contributed by atoms with van der Waals surface area (Å²) in [5, 5.41) is 17.4. The zero-order valence-corrected chi connectivity index (χ0v) is 13.5. The van der Waals surface area contributed by atoms with Gasteiger partial charge in [-0.25, -0.2) is 0 Å². The van der Waals surface area contributed by atoms with Crippen LogP contribution in [0.5, 0.6) is 0 Å². The van der Waals surface area contributed by atoms with E-state index in [1.54, 1.807) is 6.07 Å². The molecule has 0 aromatic heterocycles. The summed E-state index contributed by atoms with van der Waals surface area (Å²) in [6.07, 6.45) is 0.